The van der Waals surface area contributed by atoms with Crippen molar-refractivity contribution in [2.24, 2.45) is 5.16 Å². The largest absolute Gasteiger partial charge is 0.493 e. The van der Waals surface area contributed by atoms with Crippen molar-refractivity contribution in [3.8, 4) is 17.2 Å². The number of carbonyl (C=O) groups excluding carboxylic acids is 1. The molecule has 0 radical (unpaired) electrons. The van der Waals surface area contributed by atoms with Gasteiger partial charge in [0.15, 0.2) is 18.1 Å². The first-order valence-electron chi connectivity index (χ1n) is 8.04. The van der Waals surface area contributed by atoms with E-state index < -0.39 is 0 Å². The molecule has 0 saturated heterocycles. The van der Waals surface area contributed by atoms with Gasteiger partial charge in [-0.1, -0.05) is 35.0 Å². The Hall–Kier alpha value is -2.93. The highest BCUT2D eigenvalue weighted by Crippen LogP contribution is 2.37. The molecule has 1 amide bonds. The van der Waals surface area contributed by atoms with Crippen LogP contribution in [0.3, 0.4) is 0 Å². The summed E-state index contributed by atoms with van der Waals surface area (Å²) < 4.78 is 15.8. The minimum absolute atomic E-state index is 0.217. The SMILES string of the molecule is COc1cc(/C=N\OCC(=O)NCc2ccccc2Cl)cc(OC)c1OC. The summed E-state index contributed by atoms with van der Waals surface area (Å²) in [6.07, 6.45) is 1.45. The minimum atomic E-state index is -0.308. The summed E-state index contributed by atoms with van der Waals surface area (Å²) in [4.78, 5) is 16.8. The lowest BCUT2D eigenvalue weighted by atomic mass is 10.2. The first-order chi connectivity index (χ1) is 13.1. The Morgan fingerprint density at radius 2 is 1.78 bits per heavy atom. The van der Waals surface area contributed by atoms with Crippen molar-refractivity contribution < 1.29 is 23.8 Å². The fraction of sp³-hybridized carbons (Fsp3) is 0.263. The molecule has 2 rings (SSSR count). The third-order valence-electron chi connectivity index (χ3n) is 3.59. The topological polar surface area (TPSA) is 78.4 Å². The van der Waals surface area contributed by atoms with Crippen LogP contribution in [0.1, 0.15) is 11.1 Å². The van der Waals surface area contributed by atoms with E-state index in [9.17, 15) is 4.79 Å². The second-order valence-corrected chi connectivity index (χ2v) is 5.74. The second kappa shape index (κ2) is 10.3. The predicted molar refractivity (Wildman–Crippen MR) is 103 cm³/mol. The molecule has 144 valence electrons. The van der Waals surface area contributed by atoms with Crippen LogP contribution in [-0.4, -0.2) is 40.1 Å². The number of hydrogen-bond acceptors (Lipinski definition) is 6. The average molecular weight is 393 g/mol. The van der Waals surface area contributed by atoms with Gasteiger partial charge in [0.1, 0.15) is 0 Å². The molecule has 0 fully saturated rings. The Balaban J connectivity index is 1.88. The molecule has 0 saturated carbocycles. The van der Waals surface area contributed by atoms with Gasteiger partial charge in [0.05, 0.1) is 27.5 Å². The third-order valence-corrected chi connectivity index (χ3v) is 3.96. The van der Waals surface area contributed by atoms with Crippen LogP contribution in [0.25, 0.3) is 0 Å². The van der Waals surface area contributed by atoms with Crippen LogP contribution in [0.5, 0.6) is 17.2 Å². The quantitative estimate of drug-likeness (QED) is 0.524. The van der Waals surface area contributed by atoms with Gasteiger partial charge in [-0.3, -0.25) is 4.79 Å². The summed E-state index contributed by atoms with van der Waals surface area (Å²) in [5.41, 5.74) is 1.49. The summed E-state index contributed by atoms with van der Waals surface area (Å²) in [6.45, 7) is 0.101. The zero-order chi connectivity index (χ0) is 19.6. The molecule has 0 unspecified atom stereocenters. The Kier molecular flexibility index (Phi) is 7.76. The number of nitrogens with zero attached hydrogens (tertiary/aromatic N) is 1. The highest BCUT2D eigenvalue weighted by atomic mass is 35.5. The number of benzene rings is 2. The van der Waals surface area contributed by atoms with Crippen LogP contribution >= 0.6 is 11.6 Å². The maximum Gasteiger partial charge on any atom is 0.261 e. The lowest BCUT2D eigenvalue weighted by Gasteiger charge is -2.12. The van der Waals surface area contributed by atoms with E-state index in [1.165, 1.54) is 27.5 Å². The molecule has 0 heterocycles. The van der Waals surface area contributed by atoms with Crippen LogP contribution in [-0.2, 0) is 16.2 Å². The Labute approximate surface area is 162 Å². The lowest BCUT2D eigenvalue weighted by Crippen LogP contribution is -2.26. The molecular weight excluding hydrogens is 372 g/mol. The van der Waals surface area contributed by atoms with E-state index >= 15 is 0 Å². The van der Waals surface area contributed by atoms with Gasteiger partial charge < -0.3 is 24.4 Å². The predicted octanol–water partition coefficient (Wildman–Crippen LogP) is 3.03. The van der Waals surface area contributed by atoms with Crippen molar-refractivity contribution in [2.75, 3.05) is 27.9 Å². The van der Waals surface area contributed by atoms with E-state index in [1.54, 1.807) is 18.2 Å². The highest BCUT2D eigenvalue weighted by molar-refractivity contribution is 6.31. The highest BCUT2D eigenvalue weighted by Gasteiger charge is 2.12. The molecule has 0 aliphatic carbocycles. The fourth-order valence-corrected chi connectivity index (χ4v) is 2.46. The summed E-state index contributed by atoms with van der Waals surface area (Å²) in [5.74, 6) is 1.17. The smallest absolute Gasteiger partial charge is 0.261 e. The van der Waals surface area contributed by atoms with Crippen LogP contribution in [0, 0.1) is 0 Å². The summed E-state index contributed by atoms with van der Waals surface area (Å²) in [5, 5.41) is 7.10. The molecule has 0 aliphatic heterocycles. The Morgan fingerprint density at radius 1 is 1.11 bits per heavy atom. The number of carbonyl (C=O) groups is 1. The van der Waals surface area contributed by atoms with Crippen molar-refractivity contribution in [2.45, 2.75) is 6.54 Å². The van der Waals surface area contributed by atoms with Crippen molar-refractivity contribution >= 4 is 23.7 Å². The van der Waals surface area contributed by atoms with Crippen molar-refractivity contribution in [1.29, 1.82) is 0 Å². The zero-order valence-corrected chi connectivity index (χ0v) is 16.1. The molecule has 8 heteroatoms. The van der Waals surface area contributed by atoms with Crippen LogP contribution < -0.4 is 19.5 Å². The maximum atomic E-state index is 11.8. The van der Waals surface area contributed by atoms with E-state index in [-0.39, 0.29) is 12.5 Å². The lowest BCUT2D eigenvalue weighted by molar-refractivity contribution is -0.125. The summed E-state index contributed by atoms with van der Waals surface area (Å²) >= 11 is 6.04. The zero-order valence-electron chi connectivity index (χ0n) is 15.3. The first kappa shape index (κ1) is 20.4. The standard InChI is InChI=1S/C19H21ClN2O5/c1-24-16-8-13(9-17(25-2)19(16)26-3)10-22-27-12-18(23)21-11-14-6-4-5-7-15(14)20/h4-10H,11-12H2,1-3H3,(H,21,23)/b22-10-. The monoisotopic (exact) mass is 392 g/mol. The fourth-order valence-electron chi connectivity index (χ4n) is 2.26. The molecule has 0 bridgehead atoms. The Morgan fingerprint density at radius 3 is 2.37 bits per heavy atom. The van der Waals surface area contributed by atoms with Gasteiger partial charge >= 0.3 is 0 Å². The molecular formula is C19H21ClN2O5. The normalized spacial score (nSPS) is 10.5. The average Bonchev–Trinajstić information content (AvgIpc) is 2.69. The van der Waals surface area contributed by atoms with Crippen LogP contribution in [0.2, 0.25) is 5.02 Å². The number of hydrogen-bond donors (Lipinski definition) is 1. The van der Waals surface area contributed by atoms with Gasteiger partial charge in [-0.2, -0.15) is 0 Å². The first-order valence-corrected chi connectivity index (χ1v) is 8.42. The van der Waals surface area contributed by atoms with Gasteiger partial charge in [-0.05, 0) is 23.8 Å². The third kappa shape index (κ3) is 5.79. The van der Waals surface area contributed by atoms with E-state index in [0.717, 1.165) is 5.56 Å². The molecule has 0 aromatic heterocycles. The number of amides is 1. The number of oxime groups is 1. The van der Waals surface area contributed by atoms with Gasteiger partial charge in [-0.25, -0.2) is 0 Å². The minimum Gasteiger partial charge on any atom is -0.493 e. The molecule has 0 aliphatic rings. The van der Waals surface area contributed by atoms with Gasteiger partial charge in [0, 0.05) is 17.1 Å². The molecule has 1 N–H and O–H groups in total. The van der Waals surface area contributed by atoms with E-state index in [4.69, 9.17) is 30.6 Å². The van der Waals surface area contributed by atoms with E-state index in [0.29, 0.717) is 34.4 Å². The second-order valence-electron chi connectivity index (χ2n) is 5.33. The van der Waals surface area contributed by atoms with Crippen molar-refractivity contribution in [3.63, 3.8) is 0 Å². The molecule has 0 atom stereocenters. The molecule has 27 heavy (non-hydrogen) atoms. The number of halogens is 1. The molecule has 2 aromatic rings. The van der Waals surface area contributed by atoms with Crippen LogP contribution in [0.15, 0.2) is 41.6 Å². The molecule has 0 spiro atoms. The number of nitrogens with one attached hydrogen (secondary N) is 1. The number of methoxy groups -OCH3 is 3. The summed E-state index contributed by atoms with van der Waals surface area (Å²) in [6, 6.07) is 10.7. The summed E-state index contributed by atoms with van der Waals surface area (Å²) in [7, 11) is 4.58. The number of rotatable bonds is 9. The number of ether oxygens (including phenoxy) is 3. The van der Waals surface area contributed by atoms with Crippen LogP contribution in [0.4, 0.5) is 0 Å². The van der Waals surface area contributed by atoms with E-state index in [1.807, 2.05) is 18.2 Å². The van der Waals surface area contributed by atoms with Crippen molar-refractivity contribution in [1.82, 2.24) is 5.32 Å². The van der Waals surface area contributed by atoms with Gasteiger partial charge in [0.2, 0.25) is 5.75 Å². The molecule has 2 aromatic carbocycles. The Bertz CT molecular complexity index is 785. The maximum absolute atomic E-state index is 11.8. The van der Waals surface area contributed by atoms with Gasteiger partial charge in [-0.15, -0.1) is 0 Å². The van der Waals surface area contributed by atoms with Gasteiger partial charge in [0.25, 0.3) is 5.91 Å². The molecule has 7 nitrogen and oxygen atoms in total. The van der Waals surface area contributed by atoms with E-state index in [2.05, 4.69) is 10.5 Å². The van der Waals surface area contributed by atoms with Crippen molar-refractivity contribution in [3.05, 3.63) is 52.5 Å².